The second kappa shape index (κ2) is 6.77. The first-order valence-corrected chi connectivity index (χ1v) is 7.95. The molecule has 0 aromatic heterocycles. The number of hydrogen-bond acceptors (Lipinski definition) is 4. The zero-order chi connectivity index (χ0) is 15.4. The maximum Gasteiger partial charge on any atom is 0.236 e. The number of carbonyl (C=O) groups is 1. The molecular weight excluding hydrogens is 280 g/mol. The Bertz CT molecular complexity index is 490. The highest BCUT2D eigenvalue weighted by Crippen LogP contribution is 2.31. The van der Waals surface area contributed by atoms with Gasteiger partial charge in [0.15, 0.2) is 5.79 Å². The maximum absolute atomic E-state index is 12.4. The van der Waals surface area contributed by atoms with Crippen LogP contribution in [0.2, 0.25) is 0 Å². The summed E-state index contributed by atoms with van der Waals surface area (Å²) in [6.07, 6.45) is 1.56. The molecule has 0 aliphatic carbocycles. The van der Waals surface area contributed by atoms with Crippen LogP contribution in [0.25, 0.3) is 0 Å². The summed E-state index contributed by atoms with van der Waals surface area (Å²) in [6, 6.07) is 10.2. The quantitative estimate of drug-likeness (QED) is 0.845. The number of amides is 1. The number of likely N-dealkylation sites (tertiary alicyclic amines) is 1. The van der Waals surface area contributed by atoms with Gasteiger partial charge in [-0.2, -0.15) is 0 Å². The standard InChI is InChI=1S/C17H24N2O3/c1-18(13-15-5-3-2-4-6-15)14-16(20)19-9-7-17(8-10-19)21-11-12-22-17/h2-6H,7-14H2,1H3. The van der Waals surface area contributed by atoms with Gasteiger partial charge in [-0.05, 0) is 12.6 Å². The van der Waals surface area contributed by atoms with E-state index in [-0.39, 0.29) is 5.91 Å². The predicted octanol–water partition coefficient (Wildman–Crippen LogP) is 1.48. The van der Waals surface area contributed by atoms with Crippen LogP contribution in [-0.2, 0) is 20.8 Å². The van der Waals surface area contributed by atoms with E-state index < -0.39 is 5.79 Å². The molecule has 0 saturated carbocycles. The third kappa shape index (κ3) is 3.66. The van der Waals surface area contributed by atoms with Gasteiger partial charge < -0.3 is 14.4 Å². The minimum absolute atomic E-state index is 0.186. The van der Waals surface area contributed by atoms with E-state index in [2.05, 4.69) is 17.0 Å². The van der Waals surface area contributed by atoms with Crippen molar-refractivity contribution in [2.45, 2.75) is 25.2 Å². The molecule has 2 aliphatic rings. The molecule has 2 saturated heterocycles. The molecule has 1 aromatic rings. The molecule has 1 amide bonds. The first-order chi connectivity index (χ1) is 10.7. The fourth-order valence-corrected chi connectivity index (χ4v) is 3.16. The van der Waals surface area contributed by atoms with E-state index >= 15 is 0 Å². The summed E-state index contributed by atoms with van der Waals surface area (Å²) in [5.74, 6) is -0.224. The molecule has 5 nitrogen and oxygen atoms in total. The van der Waals surface area contributed by atoms with E-state index in [1.165, 1.54) is 5.56 Å². The van der Waals surface area contributed by atoms with Crippen LogP contribution in [0.4, 0.5) is 0 Å². The summed E-state index contributed by atoms with van der Waals surface area (Å²) >= 11 is 0. The smallest absolute Gasteiger partial charge is 0.236 e. The number of likely N-dealkylation sites (N-methyl/N-ethyl adjacent to an activating group) is 1. The summed E-state index contributed by atoms with van der Waals surface area (Å²) in [5, 5.41) is 0. The second-order valence-corrected chi connectivity index (χ2v) is 6.15. The normalized spacial score (nSPS) is 20.7. The average molecular weight is 304 g/mol. The van der Waals surface area contributed by atoms with Gasteiger partial charge in [0, 0.05) is 32.5 Å². The van der Waals surface area contributed by atoms with Crippen LogP contribution >= 0.6 is 0 Å². The van der Waals surface area contributed by atoms with E-state index in [1.807, 2.05) is 30.1 Å². The van der Waals surface area contributed by atoms with Gasteiger partial charge >= 0.3 is 0 Å². The first kappa shape index (κ1) is 15.5. The lowest BCUT2D eigenvalue weighted by atomic mass is 10.0. The number of piperidine rings is 1. The van der Waals surface area contributed by atoms with Gasteiger partial charge in [-0.1, -0.05) is 30.3 Å². The topological polar surface area (TPSA) is 42.0 Å². The number of benzene rings is 1. The predicted molar refractivity (Wildman–Crippen MR) is 83.2 cm³/mol. The third-order valence-corrected chi connectivity index (χ3v) is 4.39. The van der Waals surface area contributed by atoms with Crippen molar-refractivity contribution in [3.05, 3.63) is 35.9 Å². The van der Waals surface area contributed by atoms with Crippen LogP contribution in [0.1, 0.15) is 18.4 Å². The summed E-state index contributed by atoms with van der Waals surface area (Å²) < 4.78 is 11.4. The molecule has 0 atom stereocenters. The molecule has 120 valence electrons. The lowest BCUT2D eigenvalue weighted by Gasteiger charge is -2.38. The third-order valence-electron chi connectivity index (χ3n) is 4.39. The Balaban J connectivity index is 1.46. The molecule has 2 heterocycles. The van der Waals surface area contributed by atoms with E-state index in [0.717, 1.165) is 32.5 Å². The number of ether oxygens (including phenoxy) is 2. The van der Waals surface area contributed by atoms with E-state index in [1.54, 1.807) is 0 Å². The highest BCUT2D eigenvalue weighted by atomic mass is 16.7. The molecule has 0 unspecified atom stereocenters. The summed E-state index contributed by atoms with van der Waals surface area (Å²) in [7, 11) is 1.99. The Hall–Kier alpha value is -1.43. The van der Waals surface area contributed by atoms with E-state index in [0.29, 0.717) is 19.8 Å². The summed E-state index contributed by atoms with van der Waals surface area (Å²) in [5.41, 5.74) is 1.23. The lowest BCUT2D eigenvalue weighted by molar-refractivity contribution is -0.187. The molecule has 0 radical (unpaired) electrons. The lowest BCUT2D eigenvalue weighted by Crippen LogP contribution is -2.49. The summed E-state index contributed by atoms with van der Waals surface area (Å²) in [6.45, 7) is 4.03. The van der Waals surface area contributed by atoms with Crippen LogP contribution in [0.15, 0.2) is 30.3 Å². The Morgan fingerprint density at radius 3 is 2.45 bits per heavy atom. The van der Waals surface area contributed by atoms with Gasteiger partial charge in [0.25, 0.3) is 0 Å². The van der Waals surface area contributed by atoms with Crippen LogP contribution in [0, 0.1) is 0 Å². The van der Waals surface area contributed by atoms with Gasteiger partial charge in [-0.3, -0.25) is 9.69 Å². The molecule has 22 heavy (non-hydrogen) atoms. The van der Waals surface area contributed by atoms with Crippen LogP contribution in [0.5, 0.6) is 0 Å². The number of rotatable bonds is 4. The van der Waals surface area contributed by atoms with Gasteiger partial charge in [0.2, 0.25) is 5.91 Å². The molecule has 1 spiro atoms. The Labute approximate surface area is 131 Å². The van der Waals surface area contributed by atoms with Crippen molar-refractivity contribution in [1.29, 1.82) is 0 Å². The largest absolute Gasteiger partial charge is 0.347 e. The zero-order valence-electron chi connectivity index (χ0n) is 13.2. The van der Waals surface area contributed by atoms with Gasteiger partial charge in [-0.25, -0.2) is 0 Å². The molecular formula is C17H24N2O3. The van der Waals surface area contributed by atoms with Crippen LogP contribution in [-0.4, -0.2) is 61.4 Å². The van der Waals surface area contributed by atoms with E-state index in [9.17, 15) is 4.79 Å². The molecule has 2 fully saturated rings. The number of nitrogens with zero attached hydrogens (tertiary/aromatic N) is 2. The average Bonchev–Trinajstić information content (AvgIpc) is 2.97. The Morgan fingerprint density at radius 1 is 1.18 bits per heavy atom. The maximum atomic E-state index is 12.4. The minimum atomic E-state index is -0.410. The minimum Gasteiger partial charge on any atom is -0.347 e. The van der Waals surface area contributed by atoms with Gasteiger partial charge in [0.1, 0.15) is 0 Å². The van der Waals surface area contributed by atoms with E-state index in [4.69, 9.17) is 9.47 Å². The highest BCUT2D eigenvalue weighted by Gasteiger charge is 2.40. The monoisotopic (exact) mass is 304 g/mol. The fourth-order valence-electron chi connectivity index (χ4n) is 3.16. The number of carbonyl (C=O) groups excluding carboxylic acids is 1. The van der Waals surface area contributed by atoms with Crippen LogP contribution in [0.3, 0.4) is 0 Å². The summed E-state index contributed by atoms with van der Waals surface area (Å²) in [4.78, 5) is 16.4. The van der Waals surface area contributed by atoms with Gasteiger partial charge in [0.05, 0.1) is 19.8 Å². The molecule has 0 bridgehead atoms. The van der Waals surface area contributed by atoms with Crippen molar-refractivity contribution >= 4 is 5.91 Å². The van der Waals surface area contributed by atoms with Gasteiger partial charge in [-0.15, -0.1) is 0 Å². The first-order valence-electron chi connectivity index (χ1n) is 7.95. The zero-order valence-corrected chi connectivity index (χ0v) is 13.2. The van der Waals surface area contributed by atoms with Crippen molar-refractivity contribution in [3.63, 3.8) is 0 Å². The molecule has 1 aromatic carbocycles. The molecule has 2 aliphatic heterocycles. The number of hydrogen-bond donors (Lipinski definition) is 0. The van der Waals surface area contributed by atoms with Crippen LogP contribution < -0.4 is 0 Å². The van der Waals surface area contributed by atoms with Crippen molar-refractivity contribution < 1.29 is 14.3 Å². The molecule has 3 rings (SSSR count). The fraction of sp³-hybridized carbons (Fsp3) is 0.588. The molecule has 5 heteroatoms. The van der Waals surface area contributed by atoms with Crippen molar-refractivity contribution in [3.8, 4) is 0 Å². The molecule has 0 N–H and O–H groups in total. The second-order valence-electron chi connectivity index (χ2n) is 6.15. The van der Waals surface area contributed by atoms with Crippen molar-refractivity contribution in [1.82, 2.24) is 9.80 Å². The Morgan fingerprint density at radius 2 is 1.82 bits per heavy atom. The Kier molecular flexibility index (Phi) is 4.76. The highest BCUT2D eigenvalue weighted by molar-refractivity contribution is 5.78. The van der Waals surface area contributed by atoms with Crippen molar-refractivity contribution in [2.24, 2.45) is 0 Å². The van der Waals surface area contributed by atoms with Crippen molar-refractivity contribution in [2.75, 3.05) is 39.9 Å². The SMILES string of the molecule is CN(CC(=O)N1CCC2(CC1)OCCO2)Cc1ccccc1.